The Hall–Kier alpha value is -1.18. The lowest BCUT2D eigenvalue weighted by molar-refractivity contribution is 0.121. The summed E-state index contributed by atoms with van der Waals surface area (Å²) in [7, 11) is 0. The number of hydrogen-bond acceptors (Lipinski definition) is 7. The summed E-state index contributed by atoms with van der Waals surface area (Å²) in [4.78, 5) is 6.20. The summed E-state index contributed by atoms with van der Waals surface area (Å²) < 4.78 is 10.3. The highest BCUT2D eigenvalue weighted by Crippen LogP contribution is 2.16. The quantitative estimate of drug-likeness (QED) is 0.702. The van der Waals surface area contributed by atoms with Gasteiger partial charge in [0.2, 0.25) is 5.89 Å². The lowest BCUT2D eigenvalue weighted by Crippen LogP contribution is -2.36. The van der Waals surface area contributed by atoms with Crippen LogP contribution in [0.15, 0.2) is 4.52 Å². The van der Waals surface area contributed by atoms with E-state index in [2.05, 4.69) is 10.1 Å². The molecule has 7 nitrogen and oxygen atoms in total. The van der Waals surface area contributed by atoms with Gasteiger partial charge in [-0.15, -0.1) is 0 Å². The molecule has 0 spiro atoms. The van der Waals surface area contributed by atoms with Gasteiger partial charge in [0.05, 0.1) is 19.3 Å². The number of morpholine rings is 1. The third-order valence-corrected chi connectivity index (χ3v) is 2.48. The topological polar surface area (TPSA) is 97.6 Å². The number of rotatable bonds is 4. The number of aromatic nitrogens is 2. The zero-order chi connectivity index (χ0) is 11.4. The summed E-state index contributed by atoms with van der Waals surface area (Å²) in [6, 6.07) is -0.396. The Morgan fingerprint density at radius 1 is 1.44 bits per heavy atom. The Morgan fingerprint density at radius 3 is 2.88 bits per heavy atom. The van der Waals surface area contributed by atoms with Crippen molar-refractivity contribution in [2.75, 3.05) is 37.8 Å². The molecular weight excluding hydrogens is 212 g/mol. The molecule has 0 bridgehead atoms. The van der Waals surface area contributed by atoms with Gasteiger partial charge in [0.15, 0.2) is 0 Å². The number of aliphatic hydroxyl groups excluding tert-OH is 1. The molecule has 1 aromatic rings. The van der Waals surface area contributed by atoms with Crippen LogP contribution in [0.1, 0.15) is 18.4 Å². The number of anilines is 1. The van der Waals surface area contributed by atoms with E-state index < -0.39 is 6.04 Å². The monoisotopic (exact) mass is 228 g/mol. The van der Waals surface area contributed by atoms with Gasteiger partial charge in [-0.3, -0.25) is 0 Å². The molecule has 2 rings (SSSR count). The molecule has 0 aliphatic carbocycles. The second-order valence-electron chi connectivity index (χ2n) is 3.65. The summed E-state index contributed by atoms with van der Waals surface area (Å²) >= 11 is 0. The van der Waals surface area contributed by atoms with E-state index in [-0.39, 0.29) is 6.61 Å². The Morgan fingerprint density at radius 2 is 2.19 bits per heavy atom. The van der Waals surface area contributed by atoms with Gasteiger partial charge >= 0.3 is 0 Å². The molecular formula is C9H16N4O3. The highest BCUT2D eigenvalue weighted by molar-refractivity contribution is 5.28. The second kappa shape index (κ2) is 5.24. The molecule has 3 N–H and O–H groups in total. The summed E-state index contributed by atoms with van der Waals surface area (Å²) in [6.45, 7) is 2.87. The van der Waals surface area contributed by atoms with Crippen molar-refractivity contribution in [2.45, 2.75) is 12.5 Å². The van der Waals surface area contributed by atoms with Crippen LogP contribution in [0.4, 0.5) is 5.95 Å². The van der Waals surface area contributed by atoms with E-state index in [9.17, 15) is 0 Å². The zero-order valence-electron chi connectivity index (χ0n) is 9.00. The van der Waals surface area contributed by atoms with Gasteiger partial charge in [0, 0.05) is 19.7 Å². The van der Waals surface area contributed by atoms with Crippen molar-refractivity contribution in [1.82, 2.24) is 10.1 Å². The lowest BCUT2D eigenvalue weighted by atomic mass is 10.2. The van der Waals surface area contributed by atoms with Crippen LogP contribution in [0.2, 0.25) is 0 Å². The molecule has 0 radical (unpaired) electrons. The minimum Gasteiger partial charge on any atom is -0.396 e. The molecule has 0 amide bonds. The van der Waals surface area contributed by atoms with Gasteiger partial charge in [-0.25, -0.2) is 0 Å². The average Bonchev–Trinajstić information content (AvgIpc) is 2.80. The van der Waals surface area contributed by atoms with Crippen LogP contribution >= 0.6 is 0 Å². The molecule has 7 heteroatoms. The fourth-order valence-corrected chi connectivity index (χ4v) is 1.53. The van der Waals surface area contributed by atoms with Crippen LogP contribution in [0.3, 0.4) is 0 Å². The van der Waals surface area contributed by atoms with Crippen molar-refractivity contribution in [3.63, 3.8) is 0 Å². The molecule has 1 saturated heterocycles. The molecule has 16 heavy (non-hydrogen) atoms. The summed E-state index contributed by atoms with van der Waals surface area (Å²) in [6.07, 6.45) is 0.421. The van der Waals surface area contributed by atoms with Gasteiger partial charge in [-0.2, -0.15) is 4.98 Å². The summed E-state index contributed by atoms with van der Waals surface area (Å²) in [5.41, 5.74) is 5.75. The number of nitrogens with two attached hydrogens (primary N) is 1. The van der Waals surface area contributed by atoms with Crippen LogP contribution in [-0.4, -0.2) is 48.2 Å². The van der Waals surface area contributed by atoms with Crippen molar-refractivity contribution in [1.29, 1.82) is 0 Å². The Balaban J connectivity index is 2.00. The van der Waals surface area contributed by atoms with Crippen molar-refractivity contribution < 1.29 is 14.4 Å². The minimum atomic E-state index is -0.396. The molecule has 0 aromatic carbocycles. The fraction of sp³-hybridized carbons (Fsp3) is 0.778. The Bertz CT molecular complexity index is 324. The van der Waals surface area contributed by atoms with E-state index in [1.807, 2.05) is 4.90 Å². The maximum atomic E-state index is 8.76. The minimum absolute atomic E-state index is 0.0104. The number of ether oxygens (including phenoxy) is 1. The Labute approximate surface area is 93.2 Å². The third-order valence-electron chi connectivity index (χ3n) is 2.48. The van der Waals surface area contributed by atoms with E-state index in [4.69, 9.17) is 20.1 Å². The van der Waals surface area contributed by atoms with Crippen LogP contribution in [0, 0.1) is 0 Å². The average molecular weight is 228 g/mol. The highest BCUT2D eigenvalue weighted by atomic mass is 16.5. The molecule has 0 saturated carbocycles. The first kappa shape index (κ1) is 11.3. The summed E-state index contributed by atoms with van der Waals surface area (Å²) in [5.74, 6) is 0.919. The molecule has 0 unspecified atom stereocenters. The molecule has 1 atom stereocenters. The normalized spacial score (nSPS) is 18.8. The van der Waals surface area contributed by atoms with Crippen LogP contribution < -0.4 is 10.6 Å². The standard InChI is InChI=1S/C9H16N4O3/c10-7(1-4-14)8-11-9(12-16-8)13-2-5-15-6-3-13/h7,14H,1-6,10H2/t7-/m1/s1. The molecule has 1 aliphatic rings. The highest BCUT2D eigenvalue weighted by Gasteiger charge is 2.19. The van der Waals surface area contributed by atoms with Gasteiger partial charge in [-0.1, -0.05) is 0 Å². The van der Waals surface area contributed by atoms with Crippen molar-refractivity contribution in [3.05, 3.63) is 5.89 Å². The largest absolute Gasteiger partial charge is 0.396 e. The van der Waals surface area contributed by atoms with Crippen molar-refractivity contribution >= 4 is 5.95 Å². The van der Waals surface area contributed by atoms with E-state index in [1.54, 1.807) is 0 Å². The van der Waals surface area contributed by atoms with Crippen molar-refractivity contribution in [3.8, 4) is 0 Å². The van der Waals surface area contributed by atoms with Crippen LogP contribution in [-0.2, 0) is 4.74 Å². The predicted octanol–water partition coefficient (Wildman–Crippen LogP) is -0.712. The van der Waals surface area contributed by atoms with E-state index >= 15 is 0 Å². The smallest absolute Gasteiger partial charge is 0.266 e. The maximum Gasteiger partial charge on any atom is 0.266 e. The first-order valence-electron chi connectivity index (χ1n) is 5.34. The predicted molar refractivity (Wildman–Crippen MR) is 56.0 cm³/mol. The maximum absolute atomic E-state index is 8.76. The lowest BCUT2D eigenvalue weighted by Gasteiger charge is -2.24. The molecule has 90 valence electrons. The number of aliphatic hydroxyl groups is 1. The summed E-state index contributed by atoms with van der Waals surface area (Å²) in [5, 5.41) is 12.6. The first-order chi connectivity index (χ1) is 7.81. The van der Waals surface area contributed by atoms with Crippen molar-refractivity contribution in [2.24, 2.45) is 5.73 Å². The van der Waals surface area contributed by atoms with Gasteiger partial charge in [0.25, 0.3) is 5.95 Å². The molecule has 2 heterocycles. The molecule has 1 aliphatic heterocycles. The van der Waals surface area contributed by atoms with Gasteiger partial charge in [-0.05, 0) is 11.6 Å². The van der Waals surface area contributed by atoms with E-state index in [0.29, 0.717) is 31.5 Å². The first-order valence-corrected chi connectivity index (χ1v) is 5.34. The third kappa shape index (κ3) is 2.49. The zero-order valence-corrected chi connectivity index (χ0v) is 9.00. The molecule has 1 fully saturated rings. The number of hydrogen-bond donors (Lipinski definition) is 2. The number of nitrogens with zero attached hydrogens (tertiary/aromatic N) is 3. The van der Waals surface area contributed by atoms with Crippen LogP contribution in [0.5, 0.6) is 0 Å². The van der Waals surface area contributed by atoms with E-state index in [0.717, 1.165) is 13.1 Å². The SMILES string of the molecule is N[C@H](CCO)c1nc(N2CCOCC2)no1. The fourth-order valence-electron chi connectivity index (χ4n) is 1.53. The Kier molecular flexibility index (Phi) is 3.70. The van der Waals surface area contributed by atoms with E-state index in [1.165, 1.54) is 0 Å². The van der Waals surface area contributed by atoms with Gasteiger partial charge in [0.1, 0.15) is 0 Å². The van der Waals surface area contributed by atoms with Gasteiger partial charge < -0.3 is 25.0 Å². The molecule has 1 aromatic heterocycles. The van der Waals surface area contributed by atoms with Crippen LogP contribution in [0.25, 0.3) is 0 Å². The second-order valence-corrected chi connectivity index (χ2v) is 3.65.